The molecule has 2 aromatic rings. The van der Waals surface area contributed by atoms with Gasteiger partial charge in [0.2, 0.25) is 5.91 Å². The number of nitrogens with one attached hydrogen (secondary N) is 1. The van der Waals surface area contributed by atoms with Gasteiger partial charge in [0.05, 0.1) is 12.5 Å². The average molecular weight is 318 g/mol. The maximum absolute atomic E-state index is 12.7. The molecule has 0 fully saturated rings. The summed E-state index contributed by atoms with van der Waals surface area (Å²) in [6.07, 6.45) is 0. The Morgan fingerprint density at radius 2 is 1.77 bits per heavy atom. The van der Waals surface area contributed by atoms with E-state index in [9.17, 15) is 4.79 Å². The van der Waals surface area contributed by atoms with Gasteiger partial charge in [-0.15, -0.1) is 0 Å². The highest BCUT2D eigenvalue weighted by atomic mass is 35.5. The van der Waals surface area contributed by atoms with E-state index in [4.69, 9.17) is 16.3 Å². The van der Waals surface area contributed by atoms with Crippen LogP contribution in [0.25, 0.3) is 0 Å². The minimum atomic E-state index is -0.666. The Morgan fingerprint density at radius 3 is 2.36 bits per heavy atom. The Labute approximate surface area is 136 Å². The second kappa shape index (κ2) is 6.41. The molecule has 0 aromatic heterocycles. The predicted octanol–water partition coefficient (Wildman–Crippen LogP) is 4.57. The van der Waals surface area contributed by atoms with Gasteiger partial charge >= 0.3 is 0 Å². The van der Waals surface area contributed by atoms with Crippen molar-refractivity contribution >= 4 is 23.2 Å². The summed E-state index contributed by atoms with van der Waals surface area (Å²) < 4.78 is 5.15. The molecule has 0 aliphatic heterocycles. The first-order valence-corrected chi connectivity index (χ1v) is 7.44. The molecule has 4 heteroatoms. The van der Waals surface area contributed by atoms with Crippen LogP contribution in [0, 0.1) is 6.92 Å². The number of ether oxygens (including phenoxy) is 1. The molecule has 0 spiro atoms. The number of rotatable bonds is 4. The number of carbonyl (C=O) groups excluding carboxylic acids is 1. The van der Waals surface area contributed by atoms with Crippen molar-refractivity contribution in [1.82, 2.24) is 0 Å². The smallest absolute Gasteiger partial charge is 0.234 e. The number of anilines is 1. The number of carbonyl (C=O) groups is 1. The van der Waals surface area contributed by atoms with E-state index in [2.05, 4.69) is 5.32 Å². The van der Waals surface area contributed by atoms with Gasteiger partial charge in [0, 0.05) is 10.7 Å². The van der Waals surface area contributed by atoms with Gasteiger partial charge in [-0.3, -0.25) is 4.79 Å². The summed E-state index contributed by atoms with van der Waals surface area (Å²) in [5.74, 6) is 0.689. The van der Waals surface area contributed by atoms with Crippen molar-refractivity contribution in [3.63, 3.8) is 0 Å². The van der Waals surface area contributed by atoms with E-state index in [1.807, 2.05) is 51.1 Å². The monoisotopic (exact) mass is 317 g/mol. The molecule has 0 saturated carbocycles. The van der Waals surface area contributed by atoms with Gasteiger partial charge in [0.1, 0.15) is 5.75 Å². The number of aryl methyl sites for hydroxylation is 1. The average Bonchev–Trinajstić information content (AvgIpc) is 2.51. The Kier molecular flexibility index (Phi) is 4.77. The molecule has 3 nitrogen and oxygen atoms in total. The summed E-state index contributed by atoms with van der Waals surface area (Å²) in [5.41, 5.74) is 1.97. The minimum Gasteiger partial charge on any atom is -0.497 e. The van der Waals surface area contributed by atoms with Crippen molar-refractivity contribution in [1.29, 1.82) is 0 Å². The van der Waals surface area contributed by atoms with Crippen molar-refractivity contribution in [2.75, 3.05) is 12.4 Å². The van der Waals surface area contributed by atoms with Gasteiger partial charge in [0.25, 0.3) is 0 Å². The third kappa shape index (κ3) is 3.42. The lowest BCUT2D eigenvalue weighted by Crippen LogP contribution is -2.34. The molecule has 0 bridgehead atoms. The SMILES string of the molecule is COc1ccc(C(C)(C)C(=O)Nc2cc(Cl)ccc2C)cc1. The molecule has 0 unspecified atom stereocenters. The van der Waals surface area contributed by atoms with Crippen LogP contribution < -0.4 is 10.1 Å². The van der Waals surface area contributed by atoms with Crippen molar-refractivity contribution in [3.8, 4) is 5.75 Å². The summed E-state index contributed by atoms with van der Waals surface area (Å²) in [6.45, 7) is 5.72. The number of hydrogen-bond acceptors (Lipinski definition) is 2. The van der Waals surface area contributed by atoms with E-state index in [0.29, 0.717) is 5.02 Å². The molecule has 1 amide bonds. The van der Waals surface area contributed by atoms with Gasteiger partial charge in [-0.1, -0.05) is 29.8 Å². The lowest BCUT2D eigenvalue weighted by atomic mass is 9.83. The number of halogens is 1. The third-order valence-corrected chi connectivity index (χ3v) is 4.06. The molecule has 0 radical (unpaired) electrons. The maximum Gasteiger partial charge on any atom is 0.234 e. The lowest BCUT2D eigenvalue weighted by Gasteiger charge is -2.25. The van der Waals surface area contributed by atoms with Crippen molar-refractivity contribution < 1.29 is 9.53 Å². The van der Waals surface area contributed by atoms with Crippen LogP contribution in [0.15, 0.2) is 42.5 Å². The van der Waals surface area contributed by atoms with Crippen molar-refractivity contribution in [2.45, 2.75) is 26.2 Å². The normalized spacial score (nSPS) is 11.1. The standard InChI is InChI=1S/C18H20ClNO2/c1-12-5-8-14(19)11-16(12)20-17(21)18(2,3)13-6-9-15(22-4)10-7-13/h5-11H,1-4H3,(H,20,21). The van der Waals surface area contributed by atoms with Crippen LogP contribution in [0.4, 0.5) is 5.69 Å². The molecule has 0 heterocycles. The van der Waals surface area contributed by atoms with Crippen LogP contribution in [-0.4, -0.2) is 13.0 Å². The Balaban J connectivity index is 2.24. The highest BCUT2D eigenvalue weighted by Gasteiger charge is 2.30. The predicted molar refractivity (Wildman–Crippen MR) is 90.8 cm³/mol. The van der Waals surface area contributed by atoms with Crippen LogP contribution >= 0.6 is 11.6 Å². The first-order valence-electron chi connectivity index (χ1n) is 7.06. The van der Waals surface area contributed by atoms with Gasteiger partial charge in [-0.05, 0) is 56.2 Å². The van der Waals surface area contributed by atoms with E-state index in [1.165, 1.54) is 0 Å². The molecule has 1 N–H and O–H groups in total. The first-order chi connectivity index (χ1) is 10.3. The number of hydrogen-bond donors (Lipinski definition) is 1. The Bertz CT molecular complexity index is 678. The Morgan fingerprint density at radius 1 is 1.14 bits per heavy atom. The molecule has 22 heavy (non-hydrogen) atoms. The number of amides is 1. The molecule has 0 saturated heterocycles. The molecule has 0 aliphatic carbocycles. The first kappa shape index (κ1) is 16.4. The summed E-state index contributed by atoms with van der Waals surface area (Å²) in [5, 5.41) is 3.56. The number of methoxy groups -OCH3 is 1. The van der Waals surface area contributed by atoms with E-state index >= 15 is 0 Å². The number of benzene rings is 2. The molecule has 116 valence electrons. The molecule has 0 aliphatic rings. The van der Waals surface area contributed by atoms with Crippen LogP contribution in [0.2, 0.25) is 5.02 Å². The molecular formula is C18H20ClNO2. The second-order valence-electron chi connectivity index (χ2n) is 5.77. The maximum atomic E-state index is 12.7. The zero-order valence-electron chi connectivity index (χ0n) is 13.2. The molecule has 2 aromatic carbocycles. The van der Waals surface area contributed by atoms with Crippen molar-refractivity contribution in [3.05, 3.63) is 58.6 Å². The van der Waals surface area contributed by atoms with Crippen LogP contribution in [0.1, 0.15) is 25.0 Å². The lowest BCUT2D eigenvalue weighted by molar-refractivity contribution is -0.120. The second-order valence-corrected chi connectivity index (χ2v) is 6.20. The summed E-state index contributed by atoms with van der Waals surface area (Å²) >= 11 is 6.00. The van der Waals surface area contributed by atoms with E-state index < -0.39 is 5.41 Å². The van der Waals surface area contributed by atoms with Crippen LogP contribution in [0.5, 0.6) is 5.75 Å². The molecule has 2 rings (SSSR count). The molecule has 0 atom stereocenters. The summed E-state index contributed by atoms with van der Waals surface area (Å²) in [7, 11) is 1.62. The summed E-state index contributed by atoms with van der Waals surface area (Å²) in [4.78, 5) is 12.7. The fourth-order valence-corrected chi connectivity index (χ4v) is 2.32. The Hall–Kier alpha value is -2.00. The largest absolute Gasteiger partial charge is 0.497 e. The zero-order valence-corrected chi connectivity index (χ0v) is 14.0. The fourth-order valence-electron chi connectivity index (χ4n) is 2.15. The van der Waals surface area contributed by atoms with Crippen molar-refractivity contribution in [2.24, 2.45) is 0 Å². The third-order valence-electron chi connectivity index (χ3n) is 3.83. The van der Waals surface area contributed by atoms with E-state index in [-0.39, 0.29) is 5.91 Å². The van der Waals surface area contributed by atoms with E-state index in [0.717, 1.165) is 22.6 Å². The molecular weight excluding hydrogens is 298 g/mol. The van der Waals surface area contributed by atoms with Crippen LogP contribution in [-0.2, 0) is 10.2 Å². The highest BCUT2D eigenvalue weighted by Crippen LogP contribution is 2.28. The minimum absolute atomic E-state index is 0.0805. The van der Waals surface area contributed by atoms with Gasteiger partial charge < -0.3 is 10.1 Å². The summed E-state index contributed by atoms with van der Waals surface area (Å²) in [6, 6.07) is 13.0. The van der Waals surface area contributed by atoms with E-state index in [1.54, 1.807) is 19.2 Å². The fraction of sp³-hybridized carbons (Fsp3) is 0.278. The van der Waals surface area contributed by atoms with Gasteiger partial charge in [-0.25, -0.2) is 0 Å². The zero-order chi connectivity index (χ0) is 16.3. The van der Waals surface area contributed by atoms with Crippen LogP contribution in [0.3, 0.4) is 0 Å². The topological polar surface area (TPSA) is 38.3 Å². The van der Waals surface area contributed by atoms with Gasteiger partial charge in [-0.2, -0.15) is 0 Å². The highest BCUT2D eigenvalue weighted by molar-refractivity contribution is 6.31. The van der Waals surface area contributed by atoms with Gasteiger partial charge in [0.15, 0.2) is 0 Å². The quantitative estimate of drug-likeness (QED) is 0.896.